The molecule has 1 amide bonds. The third kappa shape index (κ3) is 4.97. The minimum atomic E-state index is -3.56. The lowest BCUT2D eigenvalue weighted by atomic mass is 9.48. The molecular weight excluding hydrogens is 414 g/mol. The van der Waals surface area contributed by atoms with Crippen molar-refractivity contribution in [1.82, 2.24) is 5.32 Å². The molecule has 0 saturated heterocycles. The molecule has 1 atom stereocenters. The Morgan fingerprint density at radius 3 is 2.16 bits per heavy atom. The molecule has 7 heteroatoms. The predicted molar refractivity (Wildman–Crippen MR) is 117 cm³/mol. The van der Waals surface area contributed by atoms with Crippen molar-refractivity contribution in [3.63, 3.8) is 0 Å². The van der Waals surface area contributed by atoms with Crippen LogP contribution in [0.15, 0.2) is 29.2 Å². The zero-order valence-electron chi connectivity index (χ0n) is 18.4. The Morgan fingerprint density at radius 1 is 1.06 bits per heavy atom. The summed E-state index contributed by atoms with van der Waals surface area (Å²) in [6.07, 6.45) is 7.36. The summed E-state index contributed by atoms with van der Waals surface area (Å²) in [6.45, 7) is 3.60. The molecule has 1 N–H and O–H groups in total. The summed E-state index contributed by atoms with van der Waals surface area (Å²) in [6, 6.07) is 6.58. The van der Waals surface area contributed by atoms with Crippen LogP contribution in [-0.4, -0.2) is 38.7 Å². The predicted octanol–water partition coefficient (Wildman–Crippen LogP) is 3.42. The first-order valence-electron chi connectivity index (χ1n) is 11.4. The van der Waals surface area contributed by atoms with Crippen molar-refractivity contribution in [2.24, 2.45) is 23.2 Å². The van der Waals surface area contributed by atoms with E-state index < -0.39 is 15.8 Å². The largest absolute Gasteiger partial charge is 0.456 e. The van der Waals surface area contributed by atoms with E-state index in [4.69, 9.17) is 4.74 Å². The average molecular weight is 448 g/mol. The summed E-state index contributed by atoms with van der Waals surface area (Å²) >= 11 is 0. The van der Waals surface area contributed by atoms with Gasteiger partial charge < -0.3 is 10.1 Å². The second kappa shape index (κ2) is 8.57. The van der Waals surface area contributed by atoms with Crippen LogP contribution in [-0.2, 0) is 24.2 Å². The van der Waals surface area contributed by atoms with Gasteiger partial charge in [0, 0.05) is 6.04 Å². The number of benzene rings is 1. The number of amides is 1. The number of carbonyl (C=O) groups excluding carboxylic acids is 2. The van der Waals surface area contributed by atoms with Crippen LogP contribution in [0.25, 0.3) is 0 Å². The maximum absolute atomic E-state index is 12.4. The van der Waals surface area contributed by atoms with Crippen molar-refractivity contribution in [2.45, 2.75) is 69.7 Å². The van der Waals surface area contributed by atoms with Gasteiger partial charge in [0.15, 0.2) is 16.4 Å². The molecule has 0 aromatic heterocycles. The molecule has 0 heterocycles. The number of hydrogen-bond acceptors (Lipinski definition) is 5. The molecular formula is C24H33NO5S. The maximum Gasteiger partial charge on any atom is 0.307 e. The molecule has 5 rings (SSSR count). The Balaban J connectivity index is 1.22. The molecule has 4 aliphatic carbocycles. The van der Waals surface area contributed by atoms with Gasteiger partial charge in [-0.1, -0.05) is 17.7 Å². The van der Waals surface area contributed by atoms with E-state index in [0.717, 1.165) is 23.3 Å². The number of aryl methyl sites for hydroxylation is 1. The van der Waals surface area contributed by atoms with Crippen molar-refractivity contribution in [3.05, 3.63) is 29.8 Å². The van der Waals surface area contributed by atoms with Crippen LogP contribution >= 0.6 is 0 Å². The summed E-state index contributed by atoms with van der Waals surface area (Å²) in [5.74, 6) is 1.10. The fourth-order valence-corrected chi connectivity index (χ4v) is 7.67. The van der Waals surface area contributed by atoms with E-state index in [-0.39, 0.29) is 41.0 Å². The minimum absolute atomic E-state index is 0.0639. The normalized spacial score (nSPS) is 30.1. The standard InChI is InChI=1S/C24H33NO5S/c1-16-3-5-21(6-4-16)31(28,29)8-7-23(27)30-15-22(26)25-17(2)24-12-18-9-19(13-24)11-20(10-18)14-24/h3-6,17-20H,7-15H2,1-2H3,(H,25,26)/t17-,18?,19?,20?,24?/m1/s1. The molecule has 0 spiro atoms. The first-order valence-corrected chi connectivity index (χ1v) is 13.0. The lowest BCUT2D eigenvalue weighted by molar-refractivity contribution is -0.149. The van der Waals surface area contributed by atoms with Gasteiger partial charge in [0.1, 0.15) is 0 Å². The SMILES string of the molecule is Cc1ccc(S(=O)(=O)CCC(=O)OCC(=O)N[C@H](C)C23CC4CC(CC(C4)C2)C3)cc1. The van der Waals surface area contributed by atoms with Crippen molar-refractivity contribution in [3.8, 4) is 0 Å². The van der Waals surface area contributed by atoms with Crippen LogP contribution in [0.1, 0.15) is 57.4 Å². The number of hydrogen-bond donors (Lipinski definition) is 1. The highest BCUT2D eigenvalue weighted by molar-refractivity contribution is 7.91. The molecule has 4 bridgehead atoms. The minimum Gasteiger partial charge on any atom is -0.456 e. The Morgan fingerprint density at radius 2 is 1.61 bits per heavy atom. The zero-order chi connectivity index (χ0) is 22.2. The molecule has 0 radical (unpaired) electrons. The number of nitrogens with one attached hydrogen (secondary N) is 1. The van der Waals surface area contributed by atoms with Gasteiger partial charge in [0.05, 0.1) is 17.1 Å². The Bertz CT molecular complexity index is 902. The fraction of sp³-hybridized carbons (Fsp3) is 0.667. The first-order chi connectivity index (χ1) is 14.6. The highest BCUT2D eigenvalue weighted by Crippen LogP contribution is 2.61. The number of ether oxygens (including phenoxy) is 1. The second-order valence-electron chi connectivity index (χ2n) is 10.1. The van der Waals surface area contributed by atoms with Gasteiger partial charge in [0.25, 0.3) is 5.91 Å². The number of carbonyl (C=O) groups is 2. The van der Waals surface area contributed by atoms with E-state index in [2.05, 4.69) is 12.2 Å². The Hall–Kier alpha value is -1.89. The second-order valence-corrected chi connectivity index (χ2v) is 12.2. The maximum atomic E-state index is 12.4. The van der Waals surface area contributed by atoms with E-state index in [1.54, 1.807) is 12.1 Å². The lowest BCUT2D eigenvalue weighted by Gasteiger charge is -2.59. The van der Waals surface area contributed by atoms with Crippen molar-refractivity contribution >= 4 is 21.7 Å². The molecule has 31 heavy (non-hydrogen) atoms. The summed E-state index contributed by atoms with van der Waals surface area (Å²) in [4.78, 5) is 24.6. The van der Waals surface area contributed by atoms with Gasteiger partial charge in [-0.05, 0) is 87.7 Å². The van der Waals surface area contributed by atoms with E-state index in [1.807, 2.05) is 6.92 Å². The van der Waals surface area contributed by atoms with Gasteiger partial charge in [-0.25, -0.2) is 8.42 Å². The highest BCUT2D eigenvalue weighted by atomic mass is 32.2. The molecule has 1 aromatic rings. The van der Waals surface area contributed by atoms with Gasteiger partial charge >= 0.3 is 5.97 Å². The van der Waals surface area contributed by atoms with Crippen molar-refractivity contribution in [2.75, 3.05) is 12.4 Å². The summed E-state index contributed by atoms with van der Waals surface area (Å²) in [5.41, 5.74) is 1.16. The number of sulfone groups is 1. The quantitative estimate of drug-likeness (QED) is 0.617. The molecule has 4 saturated carbocycles. The lowest BCUT2D eigenvalue weighted by Crippen LogP contribution is -2.56. The first kappa shape index (κ1) is 22.3. The molecule has 6 nitrogen and oxygen atoms in total. The van der Waals surface area contributed by atoms with Crippen LogP contribution in [0.2, 0.25) is 0 Å². The average Bonchev–Trinajstić information content (AvgIpc) is 2.70. The van der Waals surface area contributed by atoms with Gasteiger partial charge in [-0.2, -0.15) is 0 Å². The highest BCUT2D eigenvalue weighted by Gasteiger charge is 2.53. The van der Waals surface area contributed by atoms with Crippen molar-refractivity contribution < 1.29 is 22.7 Å². The van der Waals surface area contributed by atoms with Crippen LogP contribution in [0.3, 0.4) is 0 Å². The summed E-state index contributed by atoms with van der Waals surface area (Å²) in [7, 11) is -3.56. The molecule has 1 aromatic carbocycles. The third-order valence-corrected chi connectivity index (χ3v) is 9.43. The Labute approximate surface area is 185 Å². The van der Waals surface area contributed by atoms with E-state index in [0.29, 0.717) is 0 Å². The number of rotatable bonds is 8. The van der Waals surface area contributed by atoms with E-state index >= 15 is 0 Å². The number of esters is 1. The summed E-state index contributed by atoms with van der Waals surface area (Å²) < 4.78 is 29.8. The fourth-order valence-electron chi connectivity index (χ4n) is 6.44. The molecule has 170 valence electrons. The topological polar surface area (TPSA) is 89.5 Å². The van der Waals surface area contributed by atoms with E-state index in [1.165, 1.54) is 50.7 Å². The molecule has 0 unspecified atom stereocenters. The van der Waals surface area contributed by atoms with Crippen LogP contribution in [0.5, 0.6) is 0 Å². The van der Waals surface area contributed by atoms with E-state index in [9.17, 15) is 18.0 Å². The summed E-state index contributed by atoms with van der Waals surface area (Å²) in [5, 5.41) is 3.06. The van der Waals surface area contributed by atoms with Gasteiger partial charge in [0.2, 0.25) is 0 Å². The van der Waals surface area contributed by atoms with Crippen LogP contribution < -0.4 is 5.32 Å². The molecule has 4 aliphatic rings. The van der Waals surface area contributed by atoms with Gasteiger partial charge in [-0.15, -0.1) is 0 Å². The third-order valence-electron chi connectivity index (χ3n) is 7.70. The Kier molecular flexibility index (Phi) is 6.16. The van der Waals surface area contributed by atoms with Crippen LogP contribution in [0.4, 0.5) is 0 Å². The molecule has 4 fully saturated rings. The smallest absolute Gasteiger partial charge is 0.307 e. The van der Waals surface area contributed by atoms with Crippen LogP contribution in [0, 0.1) is 30.1 Å². The molecule has 0 aliphatic heterocycles. The zero-order valence-corrected chi connectivity index (χ0v) is 19.2. The monoisotopic (exact) mass is 447 g/mol. The van der Waals surface area contributed by atoms with Gasteiger partial charge in [-0.3, -0.25) is 9.59 Å². The van der Waals surface area contributed by atoms with Crippen molar-refractivity contribution in [1.29, 1.82) is 0 Å².